The van der Waals surface area contributed by atoms with E-state index in [0.29, 0.717) is 25.5 Å². The van der Waals surface area contributed by atoms with Crippen LogP contribution in [0.1, 0.15) is 17.4 Å². The van der Waals surface area contributed by atoms with Gasteiger partial charge in [0.2, 0.25) is 0 Å². The summed E-state index contributed by atoms with van der Waals surface area (Å²) in [6.45, 7) is 3.85. The van der Waals surface area contributed by atoms with Crippen molar-refractivity contribution in [1.29, 1.82) is 0 Å². The number of H-pyrrole nitrogens is 1. The highest BCUT2D eigenvalue weighted by Gasteiger charge is 2.27. The standard InChI is InChI=1S/C14H15BrN2O2/c1-9-8-19-7-6-17(9)14(18)13-12(15)10-4-2-3-5-11(10)16-13/h2-5,9,16H,6-8H2,1H3/t9-/m0/s1. The molecule has 1 amide bonds. The van der Waals surface area contributed by atoms with Crippen LogP contribution in [-0.4, -0.2) is 41.6 Å². The summed E-state index contributed by atoms with van der Waals surface area (Å²) in [4.78, 5) is 17.7. The molecule has 100 valence electrons. The Morgan fingerprint density at radius 3 is 3.00 bits per heavy atom. The number of morpholine rings is 1. The maximum absolute atomic E-state index is 12.6. The average molecular weight is 323 g/mol. The summed E-state index contributed by atoms with van der Waals surface area (Å²) in [7, 11) is 0. The van der Waals surface area contributed by atoms with E-state index in [1.165, 1.54) is 0 Å². The van der Waals surface area contributed by atoms with Crippen LogP contribution in [0.4, 0.5) is 0 Å². The van der Waals surface area contributed by atoms with Crippen molar-refractivity contribution in [3.8, 4) is 0 Å². The number of aromatic amines is 1. The van der Waals surface area contributed by atoms with Gasteiger partial charge < -0.3 is 14.6 Å². The van der Waals surface area contributed by atoms with E-state index in [4.69, 9.17) is 4.74 Å². The normalized spacial score (nSPS) is 19.9. The molecule has 19 heavy (non-hydrogen) atoms. The molecule has 5 heteroatoms. The number of benzene rings is 1. The molecule has 2 heterocycles. The van der Waals surface area contributed by atoms with Gasteiger partial charge in [-0.2, -0.15) is 0 Å². The number of hydrogen-bond acceptors (Lipinski definition) is 2. The molecule has 1 saturated heterocycles. The molecule has 0 radical (unpaired) electrons. The van der Waals surface area contributed by atoms with Crippen LogP contribution in [-0.2, 0) is 4.74 Å². The Kier molecular flexibility index (Phi) is 3.33. The molecule has 0 bridgehead atoms. The Morgan fingerprint density at radius 2 is 2.26 bits per heavy atom. The van der Waals surface area contributed by atoms with Crippen LogP contribution in [0.5, 0.6) is 0 Å². The third-order valence-electron chi connectivity index (χ3n) is 3.49. The lowest BCUT2D eigenvalue weighted by molar-refractivity contribution is 0.00327. The van der Waals surface area contributed by atoms with E-state index < -0.39 is 0 Å². The van der Waals surface area contributed by atoms with E-state index >= 15 is 0 Å². The highest BCUT2D eigenvalue weighted by atomic mass is 79.9. The van der Waals surface area contributed by atoms with E-state index in [1.807, 2.05) is 36.1 Å². The topological polar surface area (TPSA) is 45.3 Å². The van der Waals surface area contributed by atoms with Crippen LogP contribution in [0.3, 0.4) is 0 Å². The van der Waals surface area contributed by atoms with Crippen molar-refractivity contribution in [2.75, 3.05) is 19.8 Å². The van der Waals surface area contributed by atoms with Gasteiger partial charge in [-0.25, -0.2) is 0 Å². The highest BCUT2D eigenvalue weighted by Crippen LogP contribution is 2.29. The number of rotatable bonds is 1. The number of nitrogens with one attached hydrogen (secondary N) is 1. The summed E-state index contributed by atoms with van der Waals surface area (Å²) in [6, 6.07) is 8.00. The van der Waals surface area contributed by atoms with Gasteiger partial charge in [-0.05, 0) is 28.9 Å². The first kappa shape index (κ1) is 12.7. The minimum atomic E-state index is 0.0267. The Hall–Kier alpha value is -1.33. The largest absolute Gasteiger partial charge is 0.377 e. The minimum Gasteiger partial charge on any atom is -0.377 e. The summed E-state index contributed by atoms with van der Waals surface area (Å²) in [6.07, 6.45) is 0. The monoisotopic (exact) mass is 322 g/mol. The van der Waals surface area contributed by atoms with Gasteiger partial charge in [-0.3, -0.25) is 4.79 Å². The number of fused-ring (bicyclic) bond motifs is 1. The predicted molar refractivity (Wildman–Crippen MR) is 77.3 cm³/mol. The molecule has 3 rings (SSSR count). The fraction of sp³-hybridized carbons (Fsp3) is 0.357. The quantitative estimate of drug-likeness (QED) is 0.877. The number of hydrogen-bond donors (Lipinski definition) is 1. The lowest BCUT2D eigenvalue weighted by Crippen LogP contribution is -2.47. The number of halogens is 1. The maximum Gasteiger partial charge on any atom is 0.271 e. The molecular weight excluding hydrogens is 308 g/mol. The second-order valence-corrected chi connectivity index (χ2v) is 5.58. The van der Waals surface area contributed by atoms with E-state index in [1.54, 1.807) is 0 Å². The number of aromatic nitrogens is 1. The van der Waals surface area contributed by atoms with Crippen LogP contribution >= 0.6 is 15.9 Å². The number of carbonyl (C=O) groups is 1. The number of para-hydroxylation sites is 1. The summed E-state index contributed by atoms with van der Waals surface area (Å²) in [5.74, 6) is 0.0267. The molecule has 1 aromatic carbocycles. The number of amides is 1. The fourth-order valence-corrected chi connectivity index (χ4v) is 3.04. The zero-order chi connectivity index (χ0) is 13.4. The third kappa shape index (κ3) is 2.17. The Bertz CT molecular complexity index is 623. The van der Waals surface area contributed by atoms with Crippen molar-refractivity contribution in [3.63, 3.8) is 0 Å². The molecule has 1 N–H and O–H groups in total. The van der Waals surface area contributed by atoms with Gasteiger partial charge in [0.25, 0.3) is 5.91 Å². The molecule has 1 fully saturated rings. The fourth-order valence-electron chi connectivity index (χ4n) is 2.43. The van der Waals surface area contributed by atoms with Crippen molar-refractivity contribution in [1.82, 2.24) is 9.88 Å². The molecule has 1 aromatic heterocycles. The molecule has 1 aliphatic heterocycles. The van der Waals surface area contributed by atoms with Crippen LogP contribution < -0.4 is 0 Å². The van der Waals surface area contributed by atoms with Crippen LogP contribution in [0.15, 0.2) is 28.7 Å². The predicted octanol–water partition coefficient (Wildman–Crippen LogP) is 2.79. The summed E-state index contributed by atoms with van der Waals surface area (Å²) in [5.41, 5.74) is 1.59. The van der Waals surface area contributed by atoms with Crippen LogP contribution in [0.2, 0.25) is 0 Å². The molecular formula is C14H15BrN2O2. The first-order valence-corrected chi connectivity index (χ1v) is 7.12. The summed E-state index contributed by atoms with van der Waals surface area (Å²) in [5, 5.41) is 1.03. The Labute approximate surface area is 119 Å². The number of nitrogens with zero attached hydrogens (tertiary/aromatic N) is 1. The van der Waals surface area contributed by atoms with Gasteiger partial charge in [0, 0.05) is 17.4 Å². The van der Waals surface area contributed by atoms with Crippen LogP contribution in [0, 0.1) is 0 Å². The van der Waals surface area contributed by atoms with E-state index in [0.717, 1.165) is 15.4 Å². The molecule has 1 atom stereocenters. The SMILES string of the molecule is C[C@H]1COCCN1C(=O)c1[nH]c2ccccc2c1Br. The van der Waals surface area contributed by atoms with E-state index in [2.05, 4.69) is 20.9 Å². The highest BCUT2D eigenvalue weighted by molar-refractivity contribution is 9.10. The molecule has 4 nitrogen and oxygen atoms in total. The van der Waals surface area contributed by atoms with E-state index in [-0.39, 0.29) is 11.9 Å². The van der Waals surface area contributed by atoms with Gasteiger partial charge in [0.1, 0.15) is 5.69 Å². The Morgan fingerprint density at radius 1 is 1.47 bits per heavy atom. The maximum atomic E-state index is 12.6. The average Bonchev–Trinajstić information content (AvgIpc) is 2.77. The Balaban J connectivity index is 1.99. The van der Waals surface area contributed by atoms with Gasteiger partial charge in [-0.15, -0.1) is 0 Å². The smallest absolute Gasteiger partial charge is 0.271 e. The summed E-state index contributed by atoms with van der Waals surface area (Å²) < 4.78 is 6.21. The van der Waals surface area contributed by atoms with Crippen molar-refractivity contribution < 1.29 is 9.53 Å². The zero-order valence-corrected chi connectivity index (χ0v) is 12.2. The summed E-state index contributed by atoms with van der Waals surface area (Å²) >= 11 is 3.53. The van der Waals surface area contributed by atoms with Gasteiger partial charge >= 0.3 is 0 Å². The molecule has 0 unspecified atom stereocenters. The minimum absolute atomic E-state index is 0.0267. The van der Waals surface area contributed by atoms with Gasteiger partial charge in [0.05, 0.1) is 23.7 Å². The lowest BCUT2D eigenvalue weighted by Gasteiger charge is -2.33. The molecule has 1 aliphatic rings. The number of carbonyl (C=O) groups excluding carboxylic acids is 1. The first-order chi connectivity index (χ1) is 9.18. The lowest BCUT2D eigenvalue weighted by atomic mass is 10.2. The van der Waals surface area contributed by atoms with Gasteiger partial charge in [-0.1, -0.05) is 18.2 Å². The van der Waals surface area contributed by atoms with Crippen molar-refractivity contribution in [3.05, 3.63) is 34.4 Å². The van der Waals surface area contributed by atoms with Crippen molar-refractivity contribution in [2.45, 2.75) is 13.0 Å². The van der Waals surface area contributed by atoms with Crippen LogP contribution in [0.25, 0.3) is 10.9 Å². The second-order valence-electron chi connectivity index (χ2n) is 4.78. The van der Waals surface area contributed by atoms with Gasteiger partial charge in [0.15, 0.2) is 0 Å². The zero-order valence-electron chi connectivity index (χ0n) is 10.6. The third-order valence-corrected chi connectivity index (χ3v) is 4.31. The van der Waals surface area contributed by atoms with Crippen molar-refractivity contribution in [2.24, 2.45) is 0 Å². The first-order valence-electron chi connectivity index (χ1n) is 6.33. The van der Waals surface area contributed by atoms with Crippen molar-refractivity contribution >= 4 is 32.7 Å². The number of ether oxygens (including phenoxy) is 1. The molecule has 2 aromatic rings. The molecule has 0 saturated carbocycles. The molecule has 0 spiro atoms. The second kappa shape index (κ2) is 4.98. The van der Waals surface area contributed by atoms with E-state index in [9.17, 15) is 4.79 Å². The molecule has 0 aliphatic carbocycles.